The molecule has 0 radical (unpaired) electrons. The molecular weight excluding hydrogens is 342 g/mol. The molecule has 0 bridgehead atoms. The Labute approximate surface area is 150 Å². The van der Waals surface area contributed by atoms with E-state index in [0.29, 0.717) is 22.6 Å². The molecule has 7 heteroatoms. The topological polar surface area (TPSA) is 73.9 Å². The molecule has 6 nitrogen and oxygen atoms in total. The molecule has 0 aliphatic carbocycles. The summed E-state index contributed by atoms with van der Waals surface area (Å²) in [7, 11) is 1.50. The third-order valence-corrected chi connectivity index (χ3v) is 3.67. The molecule has 0 atom stereocenters. The maximum absolute atomic E-state index is 12.7. The zero-order chi connectivity index (χ0) is 18.4. The lowest BCUT2D eigenvalue weighted by molar-refractivity contribution is 0.0503. The Hall–Kier alpha value is -2.38. The van der Waals surface area contributed by atoms with E-state index in [0.717, 1.165) is 0 Å². The summed E-state index contributed by atoms with van der Waals surface area (Å²) in [6.45, 7) is 5.35. The second-order valence-corrected chi connectivity index (χ2v) is 7.01. The van der Waals surface area contributed by atoms with Crippen LogP contribution in [0.5, 0.6) is 5.75 Å². The van der Waals surface area contributed by atoms with Crippen molar-refractivity contribution in [1.82, 2.24) is 0 Å². The molecule has 2 rings (SSSR count). The lowest BCUT2D eigenvalue weighted by atomic mass is 10.0. The zero-order valence-electron chi connectivity index (χ0n) is 14.6. The van der Waals surface area contributed by atoms with Crippen LogP contribution in [-0.4, -0.2) is 31.4 Å². The van der Waals surface area contributed by atoms with E-state index in [1.807, 2.05) is 5.38 Å². The monoisotopic (exact) mass is 363 g/mol. The second kappa shape index (κ2) is 8.13. The van der Waals surface area contributed by atoms with Crippen molar-refractivity contribution in [3.8, 4) is 5.75 Å². The molecular formula is C18H21NO5S. The van der Waals surface area contributed by atoms with Crippen molar-refractivity contribution in [2.24, 2.45) is 0 Å². The number of hydrogen-bond donors (Lipinski definition) is 1. The molecule has 25 heavy (non-hydrogen) atoms. The van der Waals surface area contributed by atoms with Crippen LogP contribution in [0.4, 0.5) is 10.5 Å². The molecule has 1 N–H and O–H groups in total. The molecule has 2 aromatic rings. The summed E-state index contributed by atoms with van der Waals surface area (Å²) in [5, 5.41) is 6.21. The lowest BCUT2D eigenvalue weighted by Gasteiger charge is -2.20. The highest BCUT2D eigenvalue weighted by atomic mass is 32.1. The Morgan fingerprint density at radius 1 is 1.20 bits per heavy atom. The van der Waals surface area contributed by atoms with Gasteiger partial charge in [-0.15, -0.1) is 0 Å². The number of ketones is 1. The molecule has 0 saturated carbocycles. The van der Waals surface area contributed by atoms with Crippen LogP contribution in [0.2, 0.25) is 0 Å². The highest BCUT2D eigenvalue weighted by Crippen LogP contribution is 2.27. The summed E-state index contributed by atoms with van der Waals surface area (Å²) in [5.41, 5.74) is 0.726. The standard InChI is InChI=1S/C18H21NO5S/c1-18(2,3)24-17(21)19-13-5-6-15(23-11-22-4)14(9-13)16(20)12-7-8-25-10-12/h5-10H,11H2,1-4H3,(H,19,21). The Kier molecular flexibility index (Phi) is 6.17. The van der Waals surface area contributed by atoms with Crippen LogP contribution >= 0.6 is 11.3 Å². The molecule has 0 aliphatic heterocycles. The van der Waals surface area contributed by atoms with Crippen LogP contribution in [-0.2, 0) is 9.47 Å². The minimum Gasteiger partial charge on any atom is -0.467 e. The Bertz CT molecular complexity index is 734. The molecule has 1 heterocycles. The molecule has 1 aromatic heterocycles. The van der Waals surface area contributed by atoms with Crippen LogP contribution in [0.25, 0.3) is 0 Å². The van der Waals surface area contributed by atoms with Gasteiger partial charge in [0.2, 0.25) is 0 Å². The van der Waals surface area contributed by atoms with Crippen molar-refractivity contribution in [3.05, 3.63) is 46.2 Å². The summed E-state index contributed by atoms with van der Waals surface area (Å²) in [6.07, 6.45) is -0.591. The highest BCUT2D eigenvalue weighted by molar-refractivity contribution is 7.08. The first-order valence-electron chi connectivity index (χ1n) is 7.63. The minimum absolute atomic E-state index is 0.0166. The SMILES string of the molecule is COCOc1ccc(NC(=O)OC(C)(C)C)cc1C(=O)c1ccsc1. The number of benzene rings is 1. The van der Waals surface area contributed by atoms with Crippen molar-refractivity contribution in [3.63, 3.8) is 0 Å². The number of carbonyl (C=O) groups excluding carboxylic acids is 2. The predicted molar refractivity (Wildman–Crippen MR) is 96.6 cm³/mol. The average Bonchev–Trinajstić information content (AvgIpc) is 3.05. The first-order valence-corrected chi connectivity index (χ1v) is 8.57. The van der Waals surface area contributed by atoms with Gasteiger partial charge in [0, 0.05) is 23.7 Å². The van der Waals surface area contributed by atoms with Gasteiger partial charge in [-0.05, 0) is 50.4 Å². The van der Waals surface area contributed by atoms with Gasteiger partial charge in [0.25, 0.3) is 0 Å². The van der Waals surface area contributed by atoms with Gasteiger partial charge in [-0.25, -0.2) is 4.79 Å². The highest BCUT2D eigenvalue weighted by Gasteiger charge is 2.19. The summed E-state index contributed by atoms with van der Waals surface area (Å²) < 4.78 is 15.6. The second-order valence-electron chi connectivity index (χ2n) is 6.23. The third-order valence-electron chi connectivity index (χ3n) is 2.99. The van der Waals surface area contributed by atoms with E-state index in [2.05, 4.69) is 5.32 Å². The Morgan fingerprint density at radius 3 is 2.56 bits per heavy atom. The first-order chi connectivity index (χ1) is 11.8. The molecule has 0 saturated heterocycles. The normalized spacial score (nSPS) is 11.0. The van der Waals surface area contributed by atoms with Crippen molar-refractivity contribution in [2.75, 3.05) is 19.2 Å². The maximum atomic E-state index is 12.7. The van der Waals surface area contributed by atoms with E-state index in [1.54, 1.807) is 50.4 Å². The average molecular weight is 363 g/mol. The van der Waals surface area contributed by atoms with Gasteiger partial charge < -0.3 is 14.2 Å². The van der Waals surface area contributed by atoms with Gasteiger partial charge in [-0.1, -0.05) is 0 Å². The number of carbonyl (C=O) groups is 2. The van der Waals surface area contributed by atoms with E-state index in [4.69, 9.17) is 14.2 Å². The lowest BCUT2D eigenvalue weighted by Crippen LogP contribution is -2.27. The molecule has 0 fully saturated rings. The molecule has 0 aliphatic rings. The predicted octanol–water partition coefficient (Wildman–Crippen LogP) is 4.31. The number of methoxy groups -OCH3 is 1. The number of ether oxygens (including phenoxy) is 3. The van der Waals surface area contributed by atoms with Crippen LogP contribution < -0.4 is 10.1 Å². The van der Waals surface area contributed by atoms with Crippen LogP contribution in [0, 0.1) is 0 Å². The van der Waals surface area contributed by atoms with Crippen molar-refractivity contribution < 1.29 is 23.8 Å². The molecule has 0 spiro atoms. The fourth-order valence-corrected chi connectivity index (χ4v) is 2.64. The Morgan fingerprint density at radius 2 is 1.96 bits per heavy atom. The van der Waals surface area contributed by atoms with Crippen LogP contribution in [0.3, 0.4) is 0 Å². The van der Waals surface area contributed by atoms with Crippen LogP contribution in [0.15, 0.2) is 35.0 Å². The summed E-state index contributed by atoms with van der Waals surface area (Å²) in [4.78, 5) is 24.6. The minimum atomic E-state index is -0.610. The van der Waals surface area contributed by atoms with E-state index in [1.165, 1.54) is 18.4 Å². The summed E-state index contributed by atoms with van der Waals surface area (Å²) in [6, 6.07) is 6.56. The van der Waals surface area contributed by atoms with Gasteiger partial charge in [-0.2, -0.15) is 11.3 Å². The van der Waals surface area contributed by atoms with Gasteiger partial charge in [0.05, 0.1) is 5.56 Å². The van der Waals surface area contributed by atoms with Gasteiger partial charge in [0.1, 0.15) is 11.4 Å². The van der Waals surface area contributed by atoms with Crippen molar-refractivity contribution >= 4 is 28.9 Å². The number of hydrogen-bond acceptors (Lipinski definition) is 6. The smallest absolute Gasteiger partial charge is 0.412 e. The van der Waals surface area contributed by atoms with Gasteiger partial charge >= 0.3 is 6.09 Å². The molecule has 134 valence electrons. The summed E-state index contributed by atoms with van der Waals surface area (Å²) >= 11 is 1.43. The third kappa shape index (κ3) is 5.58. The number of nitrogens with one attached hydrogen (secondary N) is 1. The van der Waals surface area contributed by atoms with Crippen molar-refractivity contribution in [2.45, 2.75) is 26.4 Å². The van der Waals surface area contributed by atoms with E-state index in [-0.39, 0.29) is 12.6 Å². The Balaban J connectivity index is 2.27. The first kappa shape index (κ1) is 19.0. The van der Waals surface area contributed by atoms with E-state index < -0.39 is 11.7 Å². The number of rotatable bonds is 6. The summed E-state index contributed by atoms with van der Waals surface area (Å²) in [5.74, 6) is 0.188. The maximum Gasteiger partial charge on any atom is 0.412 e. The fraction of sp³-hybridized carbons (Fsp3) is 0.333. The van der Waals surface area contributed by atoms with Gasteiger partial charge in [-0.3, -0.25) is 10.1 Å². The van der Waals surface area contributed by atoms with Gasteiger partial charge in [0.15, 0.2) is 12.6 Å². The van der Waals surface area contributed by atoms with E-state index >= 15 is 0 Å². The fourth-order valence-electron chi connectivity index (χ4n) is 2.00. The largest absolute Gasteiger partial charge is 0.467 e. The zero-order valence-corrected chi connectivity index (χ0v) is 15.4. The molecule has 0 unspecified atom stereocenters. The molecule has 1 amide bonds. The van der Waals surface area contributed by atoms with Crippen molar-refractivity contribution in [1.29, 1.82) is 0 Å². The molecule has 1 aromatic carbocycles. The number of anilines is 1. The number of thiophene rings is 1. The number of amides is 1. The van der Waals surface area contributed by atoms with Crippen LogP contribution in [0.1, 0.15) is 36.7 Å². The quantitative estimate of drug-likeness (QED) is 0.611. The van der Waals surface area contributed by atoms with E-state index in [9.17, 15) is 9.59 Å².